The highest BCUT2D eigenvalue weighted by molar-refractivity contribution is 6.34. The summed E-state index contributed by atoms with van der Waals surface area (Å²) in [6, 6.07) is 7.74. The van der Waals surface area contributed by atoms with E-state index in [-0.39, 0.29) is 6.04 Å². The highest BCUT2D eigenvalue weighted by Gasteiger charge is 2.48. The Morgan fingerprint density at radius 1 is 1.50 bits per heavy atom. The highest BCUT2D eigenvalue weighted by atomic mass is 35.5. The number of anilines is 1. The molecule has 98 valence electrons. The molecule has 1 aliphatic heterocycles. The van der Waals surface area contributed by atoms with Crippen LogP contribution in [0.1, 0.15) is 26.3 Å². The Morgan fingerprint density at radius 2 is 2.17 bits per heavy atom. The molecule has 5 heteroatoms. The lowest BCUT2D eigenvalue weighted by Gasteiger charge is -2.27. The van der Waals surface area contributed by atoms with Crippen LogP contribution in [0.5, 0.6) is 0 Å². The van der Waals surface area contributed by atoms with Gasteiger partial charge in [-0.05, 0) is 26.8 Å². The molecule has 1 aromatic carbocycles. The van der Waals surface area contributed by atoms with Crippen molar-refractivity contribution in [3.63, 3.8) is 0 Å². The summed E-state index contributed by atoms with van der Waals surface area (Å²) in [5.74, 6) is -0.470. The second-order valence-electron chi connectivity index (χ2n) is 4.47. The average Bonchev–Trinajstić information content (AvgIpc) is 2.66. The summed E-state index contributed by atoms with van der Waals surface area (Å²) < 4.78 is 5.05. The van der Waals surface area contributed by atoms with Crippen LogP contribution < -0.4 is 10.4 Å². The third kappa shape index (κ3) is 1.95. The summed E-state index contributed by atoms with van der Waals surface area (Å²) in [4.78, 5) is 10.7. The molecule has 1 aromatic rings. The maximum atomic E-state index is 12.1. The van der Waals surface area contributed by atoms with E-state index < -0.39 is 11.0 Å². The van der Waals surface area contributed by atoms with E-state index in [1.54, 1.807) is 6.92 Å². The van der Waals surface area contributed by atoms with Crippen molar-refractivity contribution < 1.29 is 9.53 Å². The Hall–Kier alpha value is -1.26. The first-order valence-corrected chi connectivity index (χ1v) is 6.41. The van der Waals surface area contributed by atoms with Crippen LogP contribution in [-0.4, -0.2) is 18.6 Å². The smallest absolute Gasteiger partial charge is 0.348 e. The normalized spacial score (nSPS) is 22.2. The van der Waals surface area contributed by atoms with Gasteiger partial charge >= 0.3 is 5.97 Å². The number of fused-ring (bicyclic) bond motifs is 1. The molecule has 18 heavy (non-hydrogen) atoms. The van der Waals surface area contributed by atoms with Crippen LogP contribution in [-0.2, 0) is 14.5 Å². The zero-order valence-corrected chi connectivity index (χ0v) is 11.5. The number of nitrogens with zero attached hydrogens (tertiary/aromatic N) is 1. The zero-order chi connectivity index (χ0) is 13.3. The predicted molar refractivity (Wildman–Crippen MR) is 71.4 cm³/mol. The predicted octanol–water partition coefficient (Wildman–Crippen LogP) is 2.37. The van der Waals surface area contributed by atoms with E-state index in [4.69, 9.17) is 16.3 Å². The lowest BCUT2D eigenvalue weighted by atomic mass is 10.1. The highest BCUT2D eigenvalue weighted by Crippen LogP contribution is 2.41. The molecule has 0 bridgehead atoms. The number of hydrazine groups is 1. The van der Waals surface area contributed by atoms with E-state index in [2.05, 4.69) is 5.43 Å². The summed E-state index contributed by atoms with van der Waals surface area (Å²) in [5.41, 5.74) is 4.69. The van der Waals surface area contributed by atoms with Gasteiger partial charge in [0.1, 0.15) is 0 Å². The van der Waals surface area contributed by atoms with Gasteiger partial charge in [0.2, 0.25) is 5.00 Å². The van der Waals surface area contributed by atoms with E-state index in [0.717, 1.165) is 11.3 Å². The summed E-state index contributed by atoms with van der Waals surface area (Å²) >= 11 is 6.44. The largest absolute Gasteiger partial charge is 0.463 e. The molecule has 1 atom stereocenters. The molecule has 0 radical (unpaired) electrons. The van der Waals surface area contributed by atoms with E-state index >= 15 is 0 Å². The van der Waals surface area contributed by atoms with Crippen molar-refractivity contribution in [2.75, 3.05) is 11.6 Å². The van der Waals surface area contributed by atoms with Gasteiger partial charge in [-0.25, -0.2) is 4.79 Å². The molecule has 0 fully saturated rings. The molecule has 0 spiro atoms. The lowest BCUT2D eigenvalue weighted by Crippen LogP contribution is -2.50. The molecule has 0 saturated carbocycles. The van der Waals surface area contributed by atoms with Gasteiger partial charge in [-0.1, -0.05) is 29.8 Å². The van der Waals surface area contributed by atoms with Crippen LogP contribution in [0.25, 0.3) is 0 Å². The number of halogens is 1. The third-order valence-electron chi connectivity index (χ3n) is 2.88. The molecular formula is C13H17ClN2O2. The lowest BCUT2D eigenvalue weighted by molar-refractivity contribution is -0.147. The van der Waals surface area contributed by atoms with Crippen LogP contribution in [0.4, 0.5) is 5.69 Å². The molecule has 2 rings (SSSR count). The fourth-order valence-electron chi connectivity index (χ4n) is 2.05. The molecule has 1 aliphatic rings. The number of hydrogen-bond donors (Lipinski definition) is 1. The maximum Gasteiger partial charge on any atom is 0.348 e. The Morgan fingerprint density at radius 3 is 2.78 bits per heavy atom. The van der Waals surface area contributed by atoms with Crippen molar-refractivity contribution in [2.45, 2.75) is 31.8 Å². The summed E-state index contributed by atoms with van der Waals surface area (Å²) in [6.07, 6.45) is 0. The van der Waals surface area contributed by atoms with Gasteiger partial charge in [-0.15, -0.1) is 0 Å². The van der Waals surface area contributed by atoms with Gasteiger partial charge in [-0.2, -0.15) is 5.43 Å². The SMILES string of the molecule is CCOC(=O)C1(Cl)NN(C(C)C)c2ccccc21. The van der Waals surface area contributed by atoms with Crippen molar-refractivity contribution in [3.8, 4) is 0 Å². The van der Waals surface area contributed by atoms with Crippen LogP contribution in [0.15, 0.2) is 24.3 Å². The van der Waals surface area contributed by atoms with Gasteiger partial charge in [-0.3, -0.25) is 0 Å². The Bertz CT molecular complexity index is 464. The van der Waals surface area contributed by atoms with Crippen molar-refractivity contribution in [2.24, 2.45) is 0 Å². The first-order valence-electron chi connectivity index (χ1n) is 6.03. The number of carbonyl (C=O) groups is 1. The first-order chi connectivity index (χ1) is 8.50. The van der Waals surface area contributed by atoms with E-state index in [1.165, 1.54) is 0 Å². The molecular weight excluding hydrogens is 252 g/mol. The van der Waals surface area contributed by atoms with Gasteiger partial charge in [0.15, 0.2) is 0 Å². The van der Waals surface area contributed by atoms with Crippen molar-refractivity contribution in [3.05, 3.63) is 29.8 Å². The molecule has 0 amide bonds. The second-order valence-corrected chi connectivity index (χ2v) is 5.04. The van der Waals surface area contributed by atoms with Crippen molar-refractivity contribution in [1.29, 1.82) is 0 Å². The maximum absolute atomic E-state index is 12.1. The van der Waals surface area contributed by atoms with Gasteiger partial charge in [0.25, 0.3) is 0 Å². The Kier molecular flexibility index (Phi) is 3.50. The van der Waals surface area contributed by atoms with Crippen LogP contribution in [0.3, 0.4) is 0 Å². The fraction of sp³-hybridized carbons (Fsp3) is 0.462. The van der Waals surface area contributed by atoms with E-state index in [0.29, 0.717) is 6.61 Å². The molecule has 1 unspecified atom stereocenters. The fourth-order valence-corrected chi connectivity index (χ4v) is 2.36. The van der Waals surface area contributed by atoms with Crippen LogP contribution in [0.2, 0.25) is 0 Å². The van der Waals surface area contributed by atoms with E-state index in [1.807, 2.05) is 43.1 Å². The quantitative estimate of drug-likeness (QED) is 0.519. The Balaban J connectivity index is 2.44. The number of hydrogen-bond acceptors (Lipinski definition) is 4. The molecule has 4 nitrogen and oxygen atoms in total. The number of para-hydroxylation sites is 1. The standard InChI is InChI=1S/C13H17ClN2O2/c1-4-18-12(17)13(14)10-7-5-6-8-11(10)16(15-13)9(2)3/h5-9,15H,4H2,1-3H3. The minimum absolute atomic E-state index is 0.182. The summed E-state index contributed by atoms with van der Waals surface area (Å²) in [5, 5.41) is 1.89. The Labute approximate surface area is 112 Å². The summed E-state index contributed by atoms with van der Waals surface area (Å²) in [6.45, 7) is 6.12. The number of esters is 1. The van der Waals surface area contributed by atoms with Crippen molar-refractivity contribution in [1.82, 2.24) is 5.43 Å². The number of benzene rings is 1. The molecule has 1 N–H and O–H groups in total. The summed E-state index contributed by atoms with van der Waals surface area (Å²) in [7, 11) is 0. The van der Waals surface area contributed by atoms with Crippen LogP contribution in [0, 0.1) is 0 Å². The van der Waals surface area contributed by atoms with Gasteiger partial charge in [0.05, 0.1) is 12.3 Å². The monoisotopic (exact) mass is 268 g/mol. The molecule has 0 aromatic heterocycles. The number of nitrogens with one attached hydrogen (secondary N) is 1. The van der Waals surface area contributed by atoms with Gasteiger partial charge < -0.3 is 9.75 Å². The minimum atomic E-state index is -1.32. The van der Waals surface area contributed by atoms with Crippen molar-refractivity contribution >= 4 is 23.3 Å². The second kappa shape index (κ2) is 4.78. The number of rotatable bonds is 3. The topological polar surface area (TPSA) is 41.6 Å². The molecule has 1 heterocycles. The van der Waals surface area contributed by atoms with Crippen LogP contribution >= 0.6 is 11.6 Å². The third-order valence-corrected chi connectivity index (χ3v) is 3.32. The molecule has 0 aliphatic carbocycles. The zero-order valence-electron chi connectivity index (χ0n) is 10.7. The number of carbonyl (C=O) groups excluding carboxylic acids is 1. The van der Waals surface area contributed by atoms with Gasteiger partial charge in [0, 0.05) is 11.6 Å². The van der Waals surface area contributed by atoms with E-state index in [9.17, 15) is 4.79 Å². The molecule has 0 saturated heterocycles. The average molecular weight is 269 g/mol. The number of ether oxygens (including phenoxy) is 1. The number of alkyl halides is 1. The first kappa shape index (κ1) is 13.2. The minimum Gasteiger partial charge on any atom is -0.463 e.